The van der Waals surface area contributed by atoms with E-state index < -0.39 is 0 Å². The van der Waals surface area contributed by atoms with Gasteiger partial charge < -0.3 is 15.8 Å². The number of carbonyl (C=O) groups is 1. The summed E-state index contributed by atoms with van der Waals surface area (Å²) < 4.78 is 4.94. The predicted molar refractivity (Wildman–Crippen MR) is 72.7 cm³/mol. The number of nitrogens with two attached hydrogens (primary N) is 1. The third-order valence-corrected chi connectivity index (χ3v) is 2.67. The molecule has 0 aromatic heterocycles. The number of ether oxygens (including phenoxy) is 1. The molecule has 0 fully saturated rings. The number of carbonyl (C=O) groups excluding carboxylic acids is 1. The normalized spacial score (nSPS) is 12.2. The van der Waals surface area contributed by atoms with Crippen molar-refractivity contribution in [1.29, 1.82) is 0 Å². The SMILES string of the molecule is COCC(N)CCNC(=O)c1cc(C)cc(C)c1. The number of rotatable bonds is 6. The number of amides is 1. The molecule has 1 atom stereocenters. The summed E-state index contributed by atoms with van der Waals surface area (Å²) in [5, 5.41) is 2.87. The molecule has 18 heavy (non-hydrogen) atoms. The zero-order chi connectivity index (χ0) is 13.5. The molecule has 0 aliphatic carbocycles. The Hall–Kier alpha value is -1.39. The molecule has 0 aliphatic rings. The second kappa shape index (κ2) is 7.13. The lowest BCUT2D eigenvalue weighted by atomic mass is 10.1. The third kappa shape index (κ3) is 4.85. The number of hydrogen-bond donors (Lipinski definition) is 2. The first kappa shape index (κ1) is 14.7. The van der Waals surface area contributed by atoms with Gasteiger partial charge in [0.25, 0.3) is 5.91 Å². The fraction of sp³-hybridized carbons (Fsp3) is 0.500. The molecule has 1 aromatic rings. The summed E-state index contributed by atoms with van der Waals surface area (Å²) in [6, 6.07) is 5.79. The maximum atomic E-state index is 11.9. The zero-order valence-corrected chi connectivity index (χ0v) is 11.3. The van der Waals surface area contributed by atoms with Crippen LogP contribution in [0.2, 0.25) is 0 Å². The van der Waals surface area contributed by atoms with Crippen LogP contribution in [0.25, 0.3) is 0 Å². The van der Waals surface area contributed by atoms with Crippen LogP contribution in [-0.2, 0) is 4.74 Å². The average Bonchev–Trinajstić information content (AvgIpc) is 2.27. The fourth-order valence-electron chi connectivity index (χ4n) is 1.88. The molecule has 1 amide bonds. The minimum Gasteiger partial charge on any atom is -0.383 e. The van der Waals surface area contributed by atoms with E-state index in [1.807, 2.05) is 32.0 Å². The standard InChI is InChI=1S/C14H22N2O2/c1-10-6-11(2)8-12(7-10)14(17)16-5-4-13(15)9-18-3/h6-8,13H,4-5,9,15H2,1-3H3,(H,16,17). The Kier molecular flexibility index (Phi) is 5.82. The van der Waals surface area contributed by atoms with Crippen molar-refractivity contribution >= 4 is 5.91 Å². The van der Waals surface area contributed by atoms with Gasteiger partial charge in [-0.15, -0.1) is 0 Å². The minimum absolute atomic E-state index is 0.0328. The molecule has 0 radical (unpaired) electrons. The van der Waals surface area contributed by atoms with Crippen molar-refractivity contribution in [3.63, 3.8) is 0 Å². The smallest absolute Gasteiger partial charge is 0.251 e. The highest BCUT2D eigenvalue weighted by molar-refractivity contribution is 5.94. The molecule has 100 valence electrons. The number of hydrogen-bond acceptors (Lipinski definition) is 3. The molecule has 3 N–H and O–H groups in total. The van der Waals surface area contributed by atoms with Crippen LogP contribution in [0, 0.1) is 13.8 Å². The number of methoxy groups -OCH3 is 1. The van der Waals surface area contributed by atoms with E-state index in [1.54, 1.807) is 7.11 Å². The van der Waals surface area contributed by atoms with Gasteiger partial charge in [-0.1, -0.05) is 17.2 Å². The summed E-state index contributed by atoms with van der Waals surface area (Å²) in [5.74, 6) is -0.0496. The number of aryl methyl sites for hydroxylation is 2. The Labute approximate surface area is 109 Å². The van der Waals surface area contributed by atoms with E-state index >= 15 is 0 Å². The Bertz CT molecular complexity index is 385. The van der Waals surface area contributed by atoms with E-state index in [1.165, 1.54) is 0 Å². The molecule has 4 heteroatoms. The van der Waals surface area contributed by atoms with Crippen molar-refractivity contribution in [2.24, 2.45) is 5.73 Å². The second-order valence-corrected chi connectivity index (χ2v) is 4.64. The molecule has 0 saturated heterocycles. The van der Waals surface area contributed by atoms with Crippen LogP contribution < -0.4 is 11.1 Å². The fourth-order valence-corrected chi connectivity index (χ4v) is 1.88. The molecular formula is C14H22N2O2. The molecular weight excluding hydrogens is 228 g/mol. The van der Waals surface area contributed by atoms with Gasteiger partial charge in [0, 0.05) is 25.3 Å². The molecule has 0 bridgehead atoms. The van der Waals surface area contributed by atoms with Crippen molar-refractivity contribution in [3.05, 3.63) is 34.9 Å². The van der Waals surface area contributed by atoms with E-state index in [0.717, 1.165) is 11.1 Å². The summed E-state index contributed by atoms with van der Waals surface area (Å²) >= 11 is 0. The van der Waals surface area contributed by atoms with Crippen molar-refractivity contribution in [2.45, 2.75) is 26.3 Å². The van der Waals surface area contributed by atoms with Gasteiger partial charge in [0.1, 0.15) is 0 Å². The molecule has 0 spiro atoms. The van der Waals surface area contributed by atoms with Crippen molar-refractivity contribution in [2.75, 3.05) is 20.3 Å². The maximum absolute atomic E-state index is 11.9. The van der Waals surface area contributed by atoms with Crippen LogP contribution in [0.4, 0.5) is 0 Å². The Morgan fingerprint density at radius 2 is 1.94 bits per heavy atom. The van der Waals surface area contributed by atoms with Gasteiger partial charge in [-0.2, -0.15) is 0 Å². The topological polar surface area (TPSA) is 64.3 Å². The van der Waals surface area contributed by atoms with E-state index in [0.29, 0.717) is 25.1 Å². The van der Waals surface area contributed by atoms with Crippen LogP contribution in [0.1, 0.15) is 27.9 Å². The summed E-state index contributed by atoms with van der Waals surface area (Å²) in [6.07, 6.45) is 0.713. The van der Waals surface area contributed by atoms with Gasteiger partial charge in [0.05, 0.1) is 6.61 Å². The Balaban J connectivity index is 2.45. The highest BCUT2D eigenvalue weighted by Gasteiger charge is 2.07. The third-order valence-electron chi connectivity index (χ3n) is 2.67. The van der Waals surface area contributed by atoms with Crippen LogP contribution in [0.5, 0.6) is 0 Å². The highest BCUT2D eigenvalue weighted by Crippen LogP contribution is 2.08. The van der Waals surface area contributed by atoms with Crippen LogP contribution in [0.3, 0.4) is 0 Å². The van der Waals surface area contributed by atoms with Gasteiger partial charge in [0.2, 0.25) is 0 Å². The van der Waals surface area contributed by atoms with Crippen molar-refractivity contribution < 1.29 is 9.53 Å². The predicted octanol–water partition coefficient (Wildman–Crippen LogP) is 1.40. The van der Waals surface area contributed by atoms with Gasteiger partial charge in [0.15, 0.2) is 0 Å². The first-order chi connectivity index (χ1) is 8.52. The summed E-state index contributed by atoms with van der Waals surface area (Å²) in [6.45, 7) is 5.05. The number of benzene rings is 1. The number of nitrogens with one attached hydrogen (secondary N) is 1. The molecule has 0 heterocycles. The Morgan fingerprint density at radius 1 is 1.33 bits per heavy atom. The van der Waals surface area contributed by atoms with Gasteiger partial charge in [-0.3, -0.25) is 4.79 Å². The van der Waals surface area contributed by atoms with Gasteiger partial charge in [-0.25, -0.2) is 0 Å². The van der Waals surface area contributed by atoms with E-state index in [4.69, 9.17) is 10.5 Å². The van der Waals surface area contributed by atoms with E-state index in [-0.39, 0.29) is 11.9 Å². The molecule has 4 nitrogen and oxygen atoms in total. The molecule has 0 saturated carbocycles. The van der Waals surface area contributed by atoms with E-state index in [9.17, 15) is 4.79 Å². The molecule has 1 unspecified atom stereocenters. The van der Waals surface area contributed by atoms with E-state index in [2.05, 4.69) is 5.32 Å². The highest BCUT2D eigenvalue weighted by atomic mass is 16.5. The minimum atomic E-state index is -0.0496. The maximum Gasteiger partial charge on any atom is 0.251 e. The van der Waals surface area contributed by atoms with Crippen LogP contribution in [0.15, 0.2) is 18.2 Å². The van der Waals surface area contributed by atoms with Crippen molar-refractivity contribution in [3.8, 4) is 0 Å². The second-order valence-electron chi connectivity index (χ2n) is 4.64. The van der Waals surface area contributed by atoms with Crippen LogP contribution in [-0.4, -0.2) is 32.2 Å². The first-order valence-electron chi connectivity index (χ1n) is 6.14. The summed E-state index contributed by atoms with van der Waals surface area (Å²) in [5.41, 5.74) is 8.67. The van der Waals surface area contributed by atoms with Crippen molar-refractivity contribution in [1.82, 2.24) is 5.32 Å². The molecule has 0 aliphatic heterocycles. The lowest BCUT2D eigenvalue weighted by Crippen LogP contribution is -2.32. The molecule has 1 rings (SSSR count). The largest absolute Gasteiger partial charge is 0.383 e. The monoisotopic (exact) mass is 250 g/mol. The zero-order valence-electron chi connectivity index (χ0n) is 11.3. The average molecular weight is 250 g/mol. The van der Waals surface area contributed by atoms with Crippen LogP contribution >= 0.6 is 0 Å². The Morgan fingerprint density at radius 3 is 2.50 bits per heavy atom. The summed E-state index contributed by atoms with van der Waals surface area (Å²) in [7, 11) is 1.62. The van der Waals surface area contributed by atoms with Gasteiger partial charge in [-0.05, 0) is 32.4 Å². The quantitative estimate of drug-likeness (QED) is 0.802. The lowest BCUT2D eigenvalue weighted by molar-refractivity contribution is 0.0950. The molecule has 1 aromatic carbocycles. The first-order valence-corrected chi connectivity index (χ1v) is 6.14. The lowest BCUT2D eigenvalue weighted by Gasteiger charge is -2.11. The van der Waals surface area contributed by atoms with Gasteiger partial charge >= 0.3 is 0 Å². The summed E-state index contributed by atoms with van der Waals surface area (Å²) in [4.78, 5) is 11.9.